The fourth-order valence-corrected chi connectivity index (χ4v) is 4.20. The van der Waals surface area contributed by atoms with E-state index in [4.69, 9.17) is 0 Å². The number of carbonyl (C=O) groups is 2. The zero-order valence-electron chi connectivity index (χ0n) is 20.5. The maximum Gasteiger partial charge on any atom is 0.276 e. The largest absolute Gasteiger partial charge is 0.368 e. The van der Waals surface area contributed by atoms with Crippen LogP contribution in [0.5, 0.6) is 0 Å². The van der Waals surface area contributed by atoms with E-state index in [1.165, 1.54) is 33.6 Å². The molecule has 182 valence electrons. The van der Waals surface area contributed by atoms with E-state index in [2.05, 4.69) is 47.4 Å². The first kappa shape index (κ1) is 24.2. The number of aryl methyl sites for hydroxylation is 3. The van der Waals surface area contributed by atoms with Gasteiger partial charge in [-0.1, -0.05) is 29.8 Å². The molecule has 1 fully saturated rings. The Kier molecular flexibility index (Phi) is 7.29. The van der Waals surface area contributed by atoms with Crippen molar-refractivity contribution in [2.24, 2.45) is 0 Å². The van der Waals surface area contributed by atoms with Gasteiger partial charge in [0.2, 0.25) is 5.91 Å². The van der Waals surface area contributed by atoms with E-state index in [9.17, 15) is 14.4 Å². The summed E-state index contributed by atoms with van der Waals surface area (Å²) in [5.74, 6) is -0.426. The van der Waals surface area contributed by atoms with E-state index >= 15 is 0 Å². The molecule has 0 radical (unpaired) electrons. The predicted octanol–water partition coefficient (Wildman–Crippen LogP) is 3.16. The smallest absolute Gasteiger partial charge is 0.276 e. The van der Waals surface area contributed by atoms with Gasteiger partial charge in [0.05, 0.1) is 6.54 Å². The van der Waals surface area contributed by atoms with Crippen molar-refractivity contribution in [2.75, 3.05) is 36.4 Å². The van der Waals surface area contributed by atoms with Crippen LogP contribution in [-0.2, 0) is 11.3 Å². The monoisotopic (exact) mass is 473 g/mol. The molecule has 1 aliphatic heterocycles. The van der Waals surface area contributed by atoms with Gasteiger partial charge in [-0.15, -0.1) is 0 Å². The fourth-order valence-electron chi connectivity index (χ4n) is 4.20. The number of aromatic nitrogens is 2. The minimum atomic E-state index is -0.406. The highest BCUT2D eigenvalue weighted by Crippen LogP contribution is 2.24. The second kappa shape index (κ2) is 10.5. The van der Waals surface area contributed by atoms with Crippen LogP contribution < -0.4 is 15.8 Å². The van der Waals surface area contributed by atoms with Crippen molar-refractivity contribution >= 4 is 23.2 Å². The van der Waals surface area contributed by atoms with E-state index in [0.29, 0.717) is 18.8 Å². The number of nitrogens with one attached hydrogen (secondary N) is 1. The fraction of sp³-hybridized carbons (Fsp3) is 0.333. The average molecular weight is 474 g/mol. The van der Waals surface area contributed by atoms with Crippen molar-refractivity contribution in [3.63, 3.8) is 0 Å². The number of hydrogen-bond donors (Lipinski definition) is 1. The zero-order chi connectivity index (χ0) is 24.9. The average Bonchev–Trinajstić information content (AvgIpc) is 2.86. The highest BCUT2D eigenvalue weighted by molar-refractivity contribution is 6.02. The normalized spacial score (nSPS) is 13.6. The summed E-state index contributed by atoms with van der Waals surface area (Å²) in [6.07, 6.45) is 0.152. The molecule has 4 rings (SSSR count). The summed E-state index contributed by atoms with van der Waals surface area (Å²) in [7, 11) is 0. The van der Waals surface area contributed by atoms with Crippen molar-refractivity contribution in [3.05, 3.63) is 87.3 Å². The SMILES string of the molecule is Cc1ccc(NC(=O)c2ccc(=O)n(CCC(=O)N3CCN(c4cccc(C)c4C)CC3)n2)cc1. The van der Waals surface area contributed by atoms with Crippen LogP contribution in [-0.4, -0.2) is 52.7 Å². The Hall–Kier alpha value is -3.94. The minimum Gasteiger partial charge on any atom is -0.368 e. The van der Waals surface area contributed by atoms with Gasteiger partial charge in [0, 0.05) is 50.0 Å². The topological polar surface area (TPSA) is 87.5 Å². The van der Waals surface area contributed by atoms with Crippen LogP contribution in [0.15, 0.2) is 59.4 Å². The molecule has 0 atom stereocenters. The van der Waals surface area contributed by atoms with Crippen molar-refractivity contribution in [2.45, 2.75) is 33.7 Å². The van der Waals surface area contributed by atoms with Crippen molar-refractivity contribution in [1.82, 2.24) is 14.7 Å². The van der Waals surface area contributed by atoms with Crippen LogP contribution in [0, 0.1) is 20.8 Å². The Morgan fingerprint density at radius 1 is 0.914 bits per heavy atom. The second-order valence-corrected chi connectivity index (χ2v) is 8.94. The Balaban J connectivity index is 1.33. The molecular weight excluding hydrogens is 442 g/mol. The van der Waals surface area contributed by atoms with Crippen LogP contribution in [0.25, 0.3) is 0 Å². The number of hydrogen-bond acceptors (Lipinski definition) is 5. The second-order valence-electron chi connectivity index (χ2n) is 8.94. The summed E-state index contributed by atoms with van der Waals surface area (Å²) in [5, 5.41) is 6.96. The molecule has 35 heavy (non-hydrogen) atoms. The quantitative estimate of drug-likeness (QED) is 0.594. The molecule has 0 saturated carbocycles. The van der Waals surface area contributed by atoms with Gasteiger partial charge >= 0.3 is 0 Å². The summed E-state index contributed by atoms with van der Waals surface area (Å²) in [6.45, 7) is 9.13. The lowest BCUT2D eigenvalue weighted by molar-refractivity contribution is -0.131. The molecule has 0 bridgehead atoms. The van der Waals surface area contributed by atoms with Gasteiger partial charge in [-0.25, -0.2) is 4.68 Å². The third-order valence-electron chi connectivity index (χ3n) is 6.50. The van der Waals surface area contributed by atoms with E-state index in [1.54, 1.807) is 0 Å². The van der Waals surface area contributed by atoms with Gasteiger partial charge < -0.3 is 15.1 Å². The molecule has 0 unspecified atom stereocenters. The third kappa shape index (κ3) is 5.77. The first-order chi connectivity index (χ1) is 16.8. The summed E-state index contributed by atoms with van der Waals surface area (Å²) < 4.78 is 1.19. The predicted molar refractivity (Wildman–Crippen MR) is 137 cm³/mol. The van der Waals surface area contributed by atoms with Crippen molar-refractivity contribution in [1.29, 1.82) is 0 Å². The third-order valence-corrected chi connectivity index (χ3v) is 6.50. The first-order valence-electron chi connectivity index (χ1n) is 11.9. The highest BCUT2D eigenvalue weighted by Gasteiger charge is 2.22. The summed E-state index contributed by atoms with van der Waals surface area (Å²) >= 11 is 0. The first-order valence-corrected chi connectivity index (χ1v) is 11.9. The molecule has 2 amide bonds. The van der Waals surface area contributed by atoms with E-state index < -0.39 is 5.91 Å². The molecule has 1 aromatic heterocycles. The minimum absolute atomic E-state index is 0.0196. The number of rotatable bonds is 6. The maximum atomic E-state index is 12.8. The molecule has 8 nitrogen and oxygen atoms in total. The molecule has 0 aliphatic carbocycles. The Morgan fingerprint density at radius 2 is 1.63 bits per heavy atom. The molecule has 1 aliphatic rings. The molecule has 1 N–H and O–H groups in total. The van der Waals surface area contributed by atoms with Crippen LogP contribution >= 0.6 is 0 Å². The van der Waals surface area contributed by atoms with Gasteiger partial charge in [-0.3, -0.25) is 14.4 Å². The number of anilines is 2. The summed E-state index contributed by atoms with van der Waals surface area (Å²) in [4.78, 5) is 41.8. The molecule has 2 aromatic carbocycles. The maximum absolute atomic E-state index is 12.8. The number of benzene rings is 2. The summed E-state index contributed by atoms with van der Waals surface area (Å²) in [6, 6.07) is 16.4. The molecule has 0 spiro atoms. The lowest BCUT2D eigenvalue weighted by Crippen LogP contribution is -2.49. The van der Waals surface area contributed by atoms with Crippen LogP contribution in [0.2, 0.25) is 0 Å². The number of piperazine rings is 1. The van der Waals surface area contributed by atoms with Gasteiger partial charge in [0.25, 0.3) is 11.5 Å². The van der Waals surface area contributed by atoms with Gasteiger partial charge in [0.1, 0.15) is 5.69 Å². The lowest BCUT2D eigenvalue weighted by Gasteiger charge is -2.37. The molecule has 2 heterocycles. The standard InChI is InChI=1S/C27H31N5O3/c1-19-7-9-22(10-8-19)28-27(35)23-11-12-26(34)32(29-23)14-13-25(33)31-17-15-30(16-18-31)24-6-4-5-20(2)21(24)3/h4-12H,13-18H2,1-3H3,(H,28,35). The number of nitrogens with zero attached hydrogens (tertiary/aromatic N) is 4. The zero-order valence-corrected chi connectivity index (χ0v) is 20.5. The Bertz CT molecular complexity index is 1270. The Morgan fingerprint density at radius 3 is 2.34 bits per heavy atom. The van der Waals surface area contributed by atoms with Crippen LogP contribution in [0.1, 0.15) is 33.6 Å². The molecule has 8 heteroatoms. The molecule has 3 aromatic rings. The molecular formula is C27H31N5O3. The van der Waals surface area contributed by atoms with E-state index in [0.717, 1.165) is 18.7 Å². The lowest BCUT2D eigenvalue weighted by atomic mass is 10.1. The van der Waals surface area contributed by atoms with Crippen molar-refractivity contribution in [3.8, 4) is 0 Å². The summed E-state index contributed by atoms with van der Waals surface area (Å²) in [5.41, 5.74) is 5.26. The highest BCUT2D eigenvalue weighted by atomic mass is 16.2. The van der Waals surface area contributed by atoms with Gasteiger partial charge in [-0.2, -0.15) is 5.10 Å². The number of carbonyl (C=O) groups excluding carboxylic acids is 2. The molecule has 1 saturated heterocycles. The van der Waals surface area contributed by atoms with Crippen LogP contribution in [0.4, 0.5) is 11.4 Å². The number of amides is 2. The van der Waals surface area contributed by atoms with Crippen LogP contribution in [0.3, 0.4) is 0 Å². The van der Waals surface area contributed by atoms with E-state index in [-0.39, 0.29) is 30.1 Å². The Labute approximate surface area is 205 Å². The van der Waals surface area contributed by atoms with Crippen molar-refractivity contribution < 1.29 is 9.59 Å². The van der Waals surface area contributed by atoms with Gasteiger partial charge in [-0.05, 0) is 56.2 Å². The van der Waals surface area contributed by atoms with E-state index in [1.807, 2.05) is 36.1 Å². The van der Waals surface area contributed by atoms with Gasteiger partial charge in [0.15, 0.2) is 0 Å².